The van der Waals surface area contributed by atoms with Gasteiger partial charge in [0.1, 0.15) is 0 Å². The van der Waals surface area contributed by atoms with Crippen LogP contribution in [-0.2, 0) is 0 Å². The van der Waals surface area contributed by atoms with Gasteiger partial charge in [0.05, 0.1) is 4.21 Å². The first kappa shape index (κ1) is 10.5. The van der Waals surface area contributed by atoms with Crippen LogP contribution in [0.15, 0.2) is 21.7 Å². The highest BCUT2D eigenvalue weighted by atomic mass is 32.2. The minimum absolute atomic E-state index is 0.729. The van der Waals surface area contributed by atoms with Gasteiger partial charge in [-0.3, -0.25) is 0 Å². The van der Waals surface area contributed by atoms with Crippen LogP contribution in [0.3, 0.4) is 0 Å². The summed E-state index contributed by atoms with van der Waals surface area (Å²) in [7, 11) is 2.08. The van der Waals surface area contributed by atoms with Crippen LogP contribution >= 0.6 is 23.1 Å². The minimum Gasteiger partial charge on any atom is -0.317 e. The quantitative estimate of drug-likeness (QED) is 0.851. The summed E-state index contributed by atoms with van der Waals surface area (Å²) in [5.41, 5.74) is 0. The molecule has 1 nitrogen and oxygen atoms in total. The van der Waals surface area contributed by atoms with Crippen molar-refractivity contribution in [2.24, 2.45) is 5.92 Å². The predicted octanol–water partition coefficient (Wildman–Crippen LogP) is 3.23. The maximum Gasteiger partial charge on any atom is 0.0601 e. The molecule has 1 saturated carbocycles. The van der Waals surface area contributed by atoms with Crippen molar-refractivity contribution in [2.75, 3.05) is 7.05 Å². The van der Waals surface area contributed by atoms with Crippen LogP contribution in [-0.4, -0.2) is 18.3 Å². The highest BCUT2D eigenvalue weighted by Gasteiger charge is 2.32. The molecule has 1 N–H and O–H groups in total. The topological polar surface area (TPSA) is 12.0 Å². The molecule has 14 heavy (non-hydrogen) atoms. The largest absolute Gasteiger partial charge is 0.317 e. The summed E-state index contributed by atoms with van der Waals surface area (Å²) < 4.78 is 1.47. The molecule has 0 spiro atoms. The molecule has 3 atom stereocenters. The summed E-state index contributed by atoms with van der Waals surface area (Å²) in [6.45, 7) is 2.37. The fourth-order valence-electron chi connectivity index (χ4n) is 2.18. The SMILES string of the molecule is CNC1CCC(Sc2cccs2)C1C. The van der Waals surface area contributed by atoms with Crippen LogP contribution in [0, 0.1) is 5.92 Å². The average molecular weight is 227 g/mol. The van der Waals surface area contributed by atoms with Gasteiger partial charge < -0.3 is 5.32 Å². The lowest BCUT2D eigenvalue weighted by molar-refractivity contribution is 0.464. The number of hydrogen-bond acceptors (Lipinski definition) is 3. The van der Waals surface area contributed by atoms with Crippen molar-refractivity contribution in [3.63, 3.8) is 0 Å². The Morgan fingerprint density at radius 2 is 2.36 bits per heavy atom. The van der Waals surface area contributed by atoms with E-state index in [4.69, 9.17) is 0 Å². The van der Waals surface area contributed by atoms with Crippen molar-refractivity contribution < 1.29 is 0 Å². The van der Waals surface area contributed by atoms with Crippen molar-refractivity contribution in [3.05, 3.63) is 17.5 Å². The van der Waals surface area contributed by atoms with Crippen LogP contribution in [0.4, 0.5) is 0 Å². The fourth-order valence-corrected chi connectivity index (χ4v) is 4.50. The molecular weight excluding hydrogens is 210 g/mol. The lowest BCUT2D eigenvalue weighted by Gasteiger charge is -2.19. The average Bonchev–Trinajstić information content (AvgIpc) is 2.79. The molecule has 2 rings (SSSR count). The Morgan fingerprint density at radius 3 is 2.93 bits per heavy atom. The molecule has 1 fully saturated rings. The van der Waals surface area contributed by atoms with Gasteiger partial charge in [-0.25, -0.2) is 0 Å². The van der Waals surface area contributed by atoms with Gasteiger partial charge in [-0.15, -0.1) is 23.1 Å². The number of hydrogen-bond donors (Lipinski definition) is 1. The third-order valence-electron chi connectivity index (χ3n) is 3.12. The van der Waals surface area contributed by atoms with E-state index >= 15 is 0 Å². The van der Waals surface area contributed by atoms with Crippen molar-refractivity contribution >= 4 is 23.1 Å². The van der Waals surface area contributed by atoms with Gasteiger partial charge >= 0.3 is 0 Å². The van der Waals surface area contributed by atoms with Crippen LogP contribution in [0.2, 0.25) is 0 Å². The van der Waals surface area contributed by atoms with E-state index in [0.29, 0.717) is 0 Å². The Kier molecular flexibility index (Phi) is 3.52. The zero-order chi connectivity index (χ0) is 9.97. The van der Waals surface area contributed by atoms with Gasteiger partial charge in [0.15, 0.2) is 0 Å². The molecule has 0 radical (unpaired) electrons. The third kappa shape index (κ3) is 2.15. The summed E-state index contributed by atoms with van der Waals surface area (Å²) in [4.78, 5) is 0. The summed E-state index contributed by atoms with van der Waals surface area (Å²) in [6, 6.07) is 5.10. The first-order valence-corrected chi connectivity index (χ1v) is 6.94. The van der Waals surface area contributed by atoms with Crippen LogP contribution in [0.1, 0.15) is 19.8 Å². The van der Waals surface area contributed by atoms with Crippen molar-refractivity contribution in [3.8, 4) is 0 Å². The normalized spacial score (nSPS) is 32.3. The second kappa shape index (κ2) is 4.69. The lowest BCUT2D eigenvalue weighted by atomic mass is 10.1. The molecule has 0 aromatic carbocycles. The minimum atomic E-state index is 0.729. The molecule has 0 aliphatic heterocycles. The number of thiophene rings is 1. The van der Waals surface area contributed by atoms with Crippen molar-refractivity contribution in [1.82, 2.24) is 5.32 Å². The van der Waals surface area contributed by atoms with Crippen LogP contribution < -0.4 is 5.32 Å². The van der Waals surface area contributed by atoms with E-state index in [-0.39, 0.29) is 0 Å². The maximum atomic E-state index is 3.41. The van der Waals surface area contributed by atoms with E-state index in [1.807, 2.05) is 11.3 Å². The summed E-state index contributed by atoms with van der Waals surface area (Å²) in [6.07, 6.45) is 2.69. The van der Waals surface area contributed by atoms with E-state index in [1.54, 1.807) is 0 Å². The van der Waals surface area contributed by atoms with E-state index in [1.165, 1.54) is 17.1 Å². The molecule has 1 aromatic rings. The molecule has 1 heterocycles. The second-order valence-corrected chi connectivity index (χ2v) is 6.41. The number of rotatable bonds is 3. The summed E-state index contributed by atoms with van der Waals surface area (Å²) >= 11 is 3.93. The predicted molar refractivity (Wildman–Crippen MR) is 65.2 cm³/mol. The zero-order valence-electron chi connectivity index (χ0n) is 8.69. The summed E-state index contributed by atoms with van der Waals surface area (Å²) in [5.74, 6) is 0.798. The smallest absolute Gasteiger partial charge is 0.0601 e. The van der Waals surface area contributed by atoms with E-state index in [2.05, 4.69) is 48.6 Å². The molecule has 1 aliphatic rings. The molecule has 78 valence electrons. The maximum absolute atomic E-state index is 3.41. The Balaban J connectivity index is 1.94. The highest BCUT2D eigenvalue weighted by Crippen LogP contribution is 2.40. The van der Waals surface area contributed by atoms with Crippen LogP contribution in [0.25, 0.3) is 0 Å². The molecule has 3 heteroatoms. The standard InChI is InChI=1S/C11H17NS2/c1-8-9(12-2)5-6-10(8)14-11-4-3-7-13-11/h3-4,7-10,12H,5-6H2,1-2H3. The van der Waals surface area contributed by atoms with E-state index in [0.717, 1.165) is 17.2 Å². The molecule has 0 saturated heterocycles. The highest BCUT2D eigenvalue weighted by molar-refractivity contribution is 8.01. The Morgan fingerprint density at radius 1 is 1.50 bits per heavy atom. The van der Waals surface area contributed by atoms with Gasteiger partial charge in [0.2, 0.25) is 0 Å². The van der Waals surface area contributed by atoms with Gasteiger partial charge in [0, 0.05) is 11.3 Å². The zero-order valence-corrected chi connectivity index (χ0v) is 10.3. The fraction of sp³-hybridized carbons (Fsp3) is 0.636. The molecular formula is C11H17NS2. The lowest BCUT2D eigenvalue weighted by Crippen LogP contribution is -2.29. The first-order valence-electron chi connectivity index (χ1n) is 5.18. The van der Waals surface area contributed by atoms with Crippen LogP contribution in [0.5, 0.6) is 0 Å². The van der Waals surface area contributed by atoms with Gasteiger partial charge in [-0.05, 0) is 37.3 Å². The van der Waals surface area contributed by atoms with Crippen molar-refractivity contribution in [2.45, 2.75) is 35.3 Å². The number of nitrogens with one attached hydrogen (secondary N) is 1. The molecule has 3 unspecified atom stereocenters. The Bertz CT molecular complexity index is 271. The molecule has 0 bridgehead atoms. The Labute approximate surface area is 94.3 Å². The molecule has 1 aliphatic carbocycles. The van der Waals surface area contributed by atoms with Gasteiger partial charge in [-0.2, -0.15) is 0 Å². The van der Waals surface area contributed by atoms with Crippen molar-refractivity contribution in [1.29, 1.82) is 0 Å². The summed E-state index contributed by atoms with van der Waals surface area (Å²) in [5, 5.41) is 6.39. The molecule has 0 amide bonds. The number of thioether (sulfide) groups is 1. The van der Waals surface area contributed by atoms with E-state index in [9.17, 15) is 0 Å². The monoisotopic (exact) mass is 227 g/mol. The molecule has 1 aromatic heterocycles. The van der Waals surface area contributed by atoms with E-state index < -0.39 is 0 Å². The van der Waals surface area contributed by atoms with Gasteiger partial charge in [0.25, 0.3) is 0 Å². The first-order chi connectivity index (χ1) is 6.81. The van der Waals surface area contributed by atoms with Gasteiger partial charge in [-0.1, -0.05) is 13.0 Å². The third-order valence-corrected chi connectivity index (χ3v) is 5.69. The second-order valence-electron chi connectivity index (χ2n) is 3.92. The Hall–Kier alpha value is 0.01000.